The van der Waals surface area contributed by atoms with Gasteiger partial charge in [-0.3, -0.25) is 4.79 Å². The van der Waals surface area contributed by atoms with Crippen molar-refractivity contribution in [1.82, 2.24) is 4.90 Å². The summed E-state index contributed by atoms with van der Waals surface area (Å²) in [4.78, 5) is 25.3. The molecule has 1 N–H and O–H groups in total. The second-order valence-electron chi connectivity index (χ2n) is 7.11. The largest absolute Gasteiger partial charge is 0.481 e. The molecule has 6 nitrogen and oxygen atoms in total. The Morgan fingerprint density at radius 3 is 2.33 bits per heavy atom. The Morgan fingerprint density at radius 2 is 1.83 bits per heavy atom. The zero-order valence-electron chi connectivity index (χ0n) is 14.6. The minimum Gasteiger partial charge on any atom is -0.481 e. The van der Waals surface area contributed by atoms with Gasteiger partial charge in [0.2, 0.25) is 0 Å². The van der Waals surface area contributed by atoms with Gasteiger partial charge in [0.25, 0.3) is 0 Å². The first-order valence-corrected chi connectivity index (χ1v) is 8.00. The Morgan fingerprint density at radius 1 is 1.21 bits per heavy atom. The van der Waals surface area contributed by atoms with Gasteiger partial charge in [0.1, 0.15) is 5.60 Å². The van der Waals surface area contributed by atoms with Gasteiger partial charge in [0, 0.05) is 26.1 Å². The molecule has 1 fully saturated rings. The molecule has 0 spiro atoms. The summed E-state index contributed by atoms with van der Waals surface area (Å²) in [6, 6.07) is 7.67. The van der Waals surface area contributed by atoms with E-state index in [9.17, 15) is 14.7 Å². The minimum atomic E-state index is -0.896. The van der Waals surface area contributed by atoms with Crippen LogP contribution in [0.15, 0.2) is 24.3 Å². The van der Waals surface area contributed by atoms with Crippen molar-refractivity contribution in [2.75, 3.05) is 20.2 Å². The van der Waals surface area contributed by atoms with E-state index in [-0.39, 0.29) is 12.5 Å². The molecule has 1 aromatic carbocycles. The number of carbonyl (C=O) groups excluding carboxylic acids is 1. The summed E-state index contributed by atoms with van der Waals surface area (Å²) in [5.74, 6) is -1.77. The fraction of sp³-hybridized carbons (Fsp3) is 0.556. The normalized spacial score (nSPS) is 20.9. The van der Waals surface area contributed by atoms with Crippen LogP contribution in [0.5, 0.6) is 0 Å². The van der Waals surface area contributed by atoms with Gasteiger partial charge in [0.15, 0.2) is 0 Å². The van der Waals surface area contributed by atoms with E-state index in [4.69, 9.17) is 9.47 Å². The molecule has 132 valence electrons. The monoisotopic (exact) mass is 335 g/mol. The van der Waals surface area contributed by atoms with E-state index in [0.717, 1.165) is 11.1 Å². The van der Waals surface area contributed by atoms with Gasteiger partial charge < -0.3 is 19.5 Å². The van der Waals surface area contributed by atoms with E-state index >= 15 is 0 Å². The third-order valence-electron chi connectivity index (χ3n) is 4.01. The molecule has 2 unspecified atom stereocenters. The SMILES string of the molecule is COCc1ccc(C2CN(C(=O)OC(C)(C)C)CC2C(=O)O)cc1. The van der Waals surface area contributed by atoms with Crippen molar-refractivity contribution in [3.05, 3.63) is 35.4 Å². The third-order valence-corrected chi connectivity index (χ3v) is 4.01. The molecule has 2 atom stereocenters. The van der Waals surface area contributed by atoms with E-state index in [1.54, 1.807) is 27.9 Å². The molecule has 1 aromatic rings. The van der Waals surface area contributed by atoms with Gasteiger partial charge in [-0.05, 0) is 31.9 Å². The molecule has 2 rings (SSSR count). The van der Waals surface area contributed by atoms with Gasteiger partial charge in [-0.2, -0.15) is 0 Å². The first-order valence-electron chi connectivity index (χ1n) is 8.00. The highest BCUT2D eigenvalue weighted by molar-refractivity contribution is 5.76. The van der Waals surface area contributed by atoms with Crippen molar-refractivity contribution in [2.45, 2.75) is 38.9 Å². The first-order chi connectivity index (χ1) is 11.2. The summed E-state index contributed by atoms with van der Waals surface area (Å²) < 4.78 is 10.4. The molecule has 0 bridgehead atoms. The van der Waals surface area contributed by atoms with Crippen molar-refractivity contribution < 1.29 is 24.2 Å². The third kappa shape index (κ3) is 4.47. The van der Waals surface area contributed by atoms with Crippen LogP contribution in [0, 0.1) is 5.92 Å². The number of nitrogens with zero attached hydrogens (tertiary/aromatic N) is 1. The van der Waals surface area contributed by atoms with Crippen LogP contribution in [0.25, 0.3) is 0 Å². The number of aliphatic carboxylic acids is 1. The number of hydrogen-bond acceptors (Lipinski definition) is 4. The lowest BCUT2D eigenvalue weighted by molar-refractivity contribution is -0.141. The Balaban J connectivity index is 2.15. The number of rotatable bonds is 4. The molecule has 1 heterocycles. The summed E-state index contributed by atoms with van der Waals surface area (Å²) in [5, 5.41) is 9.52. The quantitative estimate of drug-likeness (QED) is 0.915. The molecule has 1 aliphatic heterocycles. The van der Waals surface area contributed by atoms with Crippen LogP contribution < -0.4 is 0 Å². The van der Waals surface area contributed by atoms with Crippen LogP contribution >= 0.6 is 0 Å². The van der Waals surface area contributed by atoms with Gasteiger partial charge in [0.05, 0.1) is 12.5 Å². The number of carboxylic acids is 1. The Hall–Kier alpha value is -2.08. The number of carboxylic acid groups (broad SMARTS) is 1. The topological polar surface area (TPSA) is 76.1 Å². The zero-order chi connectivity index (χ0) is 17.9. The van der Waals surface area contributed by atoms with E-state index in [1.165, 1.54) is 4.90 Å². The van der Waals surface area contributed by atoms with Crippen LogP contribution in [0.3, 0.4) is 0 Å². The second kappa shape index (κ2) is 7.21. The smallest absolute Gasteiger partial charge is 0.410 e. The maximum Gasteiger partial charge on any atom is 0.410 e. The summed E-state index contributed by atoms with van der Waals surface area (Å²) in [6.07, 6.45) is -0.466. The minimum absolute atomic E-state index is 0.161. The fourth-order valence-corrected chi connectivity index (χ4v) is 2.90. The molecule has 0 aromatic heterocycles. The van der Waals surface area contributed by atoms with Crippen LogP contribution in [-0.4, -0.2) is 47.9 Å². The van der Waals surface area contributed by atoms with Crippen LogP contribution in [-0.2, 0) is 20.9 Å². The molecule has 0 saturated carbocycles. The number of ether oxygens (including phenoxy) is 2. The molecule has 6 heteroatoms. The van der Waals surface area contributed by atoms with Gasteiger partial charge >= 0.3 is 12.1 Å². The van der Waals surface area contributed by atoms with Crippen molar-refractivity contribution in [3.8, 4) is 0 Å². The molecule has 0 aliphatic carbocycles. The molecular formula is C18H25NO5. The predicted molar refractivity (Wildman–Crippen MR) is 88.8 cm³/mol. The van der Waals surface area contributed by atoms with Crippen LogP contribution in [0.2, 0.25) is 0 Å². The van der Waals surface area contributed by atoms with E-state index in [2.05, 4.69) is 0 Å². The lowest BCUT2D eigenvalue weighted by Gasteiger charge is -2.24. The van der Waals surface area contributed by atoms with E-state index in [0.29, 0.717) is 13.2 Å². The Labute approximate surface area is 142 Å². The van der Waals surface area contributed by atoms with Crippen molar-refractivity contribution in [3.63, 3.8) is 0 Å². The number of amides is 1. The number of carbonyl (C=O) groups is 2. The average molecular weight is 335 g/mol. The van der Waals surface area contributed by atoms with Gasteiger partial charge in [-0.25, -0.2) is 4.79 Å². The summed E-state index contributed by atoms with van der Waals surface area (Å²) in [6.45, 7) is 6.40. The Bertz CT molecular complexity index is 590. The second-order valence-corrected chi connectivity index (χ2v) is 7.11. The van der Waals surface area contributed by atoms with E-state index < -0.39 is 23.6 Å². The highest BCUT2D eigenvalue weighted by Gasteiger charge is 2.41. The number of likely N-dealkylation sites (tertiary alicyclic amines) is 1. The van der Waals surface area contributed by atoms with Crippen molar-refractivity contribution in [2.24, 2.45) is 5.92 Å². The van der Waals surface area contributed by atoms with Crippen molar-refractivity contribution in [1.29, 1.82) is 0 Å². The first kappa shape index (κ1) is 18.3. The average Bonchev–Trinajstić information content (AvgIpc) is 2.92. The number of methoxy groups -OCH3 is 1. The van der Waals surface area contributed by atoms with Gasteiger partial charge in [-0.1, -0.05) is 24.3 Å². The summed E-state index contributed by atoms with van der Waals surface area (Å²) >= 11 is 0. The highest BCUT2D eigenvalue weighted by atomic mass is 16.6. The molecule has 1 aliphatic rings. The number of hydrogen-bond donors (Lipinski definition) is 1. The van der Waals surface area contributed by atoms with Gasteiger partial charge in [-0.15, -0.1) is 0 Å². The molecular weight excluding hydrogens is 310 g/mol. The molecule has 0 radical (unpaired) electrons. The standard InChI is InChI=1S/C18H25NO5/c1-18(2,3)24-17(22)19-9-14(15(10-19)16(20)21)13-7-5-12(6-8-13)11-23-4/h5-8,14-15H,9-11H2,1-4H3,(H,20,21). The van der Waals surface area contributed by atoms with Crippen LogP contribution in [0.4, 0.5) is 4.79 Å². The van der Waals surface area contributed by atoms with Crippen LogP contribution in [0.1, 0.15) is 37.8 Å². The molecule has 1 saturated heterocycles. The lowest BCUT2D eigenvalue weighted by atomic mass is 9.88. The lowest BCUT2D eigenvalue weighted by Crippen LogP contribution is -2.35. The van der Waals surface area contributed by atoms with Crippen molar-refractivity contribution >= 4 is 12.1 Å². The fourth-order valence-electron chi connectivity index (χ4n) is 2.90. The molecule has 1 amide bonds. The summed E-state index contributed by atoms with van der Waals surface area (Å²) in [5.41, 5.74) is 1.33. The molecule has 24 heavy (non-hydrogen) atoms. The number of benzene rings is 1. The highest BCUT2D eigenvalue weighted by Crippen LogP contribution is 2.34. The maximum absolute atomic E-state index is 12.2. The maximum atomic E-state index is 12.2. The zero-order valence-corrected chi connectivity index (χ0v) is 14.6. The predicted octanol–water partition coefficient (Wildman–Crippen LogP) is 2.87. The van der Waals surface area contributed by atoms with E-state index in [1.807, 2.05) is 24.3 Å². The Kier molecular flexibility index (Phi) is 5.49. The summed E-state index contributed by atoms with van der Waals surface area (Å²) in [7, 11) is 1.63.